The standard InChI is InChI=1S/C19H15Cl2N3O3S/c1-27-13-5-2-11(3-6-13)8-16-18(26)24-19(23-16)28-10-17(25)22-15-7-4-12(20)9-14(15)21/h2-9H,10H2,1H3,(H,22,25)(H,23,24,26)/b16-8-. The molecule has 0 saturated carbocycles. The van der Waals surface area contributed by atoms with Gasteiger partial charge in [0.2, 0.25) is 5.91 Å². The number of nitrogens with one attached hydrogen (secondary N) is 2. The number of methoxy groups -OCH3 is 1. The van der Waals surface area contributed by atoms with Crippen molar-refractivity contribution in [3.8, 4) is 5.75 Å². The fourth-order valence-electron chi connectivity index (χ4n) is 2.28. The van der Waals surface area contributed by atoms with Crippen LogP contribution in [0.4, 0.5) is 5.69 Å². The molecule has 0 bridgehead atoms. The van der Waals surface area contributed by atoms with E-state index in [9.17, 15) is 9.59 Å². The summed E-state index contributed by atoms with van der Waals surface area (Å²) in [5.41, 5.74) is 1.55. The Labute approximate surface area is 176 Å². The molecule has 0 unspecified atom stereocenters. The lowest BCUT2D eigenvalue weighted by atomic mass is 10.2. The molecule has 3 rings (SSSR count). The molecule has 1 aliphatic rings. The fraction of sp³-hybridized carbons (Fsp3) is 0.105. The highest BCUT2D eigenvalue weighted by Gasteiger charge is 2.21. The highest BCUT2D eigenvalue weighted by atomic mass is 35.5. The lowest BCUT2D eigenvalue weighted by Crippen LogP contribution is -2.24. The first-order chi connectivity index (χ1) is 13.4. The molecular weight excluding hydrogens is 421 g/mol. The number of amidine groups is 1. The predicted molar refractivity (Wildman–Crippen MR) is 114 cm³/mol. The molecule has 0 aliphatic carbocycles. The molecule has 2 aromatic rings. The second-order valence-corrected chi connectivity index (χ2v) is 7.44. The first kappa shape index (κ1) is 20.3. The summed E-state index contributed by atoms with van der Waals surface area (Å²) in [5.74, 6) is 0.191. The van der Waals surface area contributed by atoms with E-state index >= 15 is 0 Å². The van der Waals surface area contributed by atoms with Crippen molar-refractivity contribution in [1.82, 2.24) is 5.32 Å². The summed E-state index contributed by atoms with van der Waals surface area (Å²) in [6.45, 7) is 0. The molecule has 9 heteroatoms. The van der Waals surface area contributed by atoms with E-state index in [4.69, 9.17) is 27.9 Å². The van der Waals surface area contributed by atoms with Crippen molar-refractivity contribution in [3.63, 3.8) is 0 Å². The molecule has 0 atom stereocenters. The van der Waals surface area contributed by atoms with E-state index < -0.39 is 0 Å². The predicted octanol–water partition coefficient (Wildman–Crippen LogP) is 4.20. The molecule has 2 amide bonds. The lowest BCUT2D eigenvalue weighted by molar-refractivity contribution is -0.116. The van der Waals surface area contributed by atoms with Crippen molar-refractivity contribution >= 4 is 63.7 Å². The van der Waals surface area contributed by atoms with Gasteiger partial charge in [-0.1, -0.05) is 47.1 Å². The summed E-state index contributed by atoms with van der Waals surface area (Å²) in [6, 6.07) is 12.0. The van der Waals surface area contributed by atoms with Crippen LogP contribution in [0.3, 0.4) is 0 Å². The van der Waals surface area contributed by atoms with Gasteiger partial charge in [0.1, 0.15) is 11.4 Å². The molecule has 144 valence electrons. The molecule has 2 N–H and O–H groups in total. The summed E-state index contributed by atoms with van der Waals surface area (Å²) in [5, 5.41) is 6.53. The van der Waals surface area contributed by atoms with Gasteiger partial charge in [-0.15, -0.1) is 0 Å². The van der Waals surface area contributed by atoms with Crippen LogP contribution >= 0.6 is 35.0 Å². The maximum atomic E-state index is 12.1. The van der Waals surface area contributed by atoms with Crippen LogP contribution in [0, 0.1) is 0 Å². The summed E-state index contributed by atoms with van der Waals surface area (Å²) in [7, 11) is 1.59. The van der Waals surface area contributed by atoms with Crippen molar-refractivity contribution in [2.24, 2.45) is 4.99 Å². The Balaban J connectivity index is 1.59. The molecule has 2 aromatic carbocycles. The number of rotatable bonds is 5. The Morgan fingerprint density at radius 3 is 2.68 bits per heavy atom. The number of thioether (sulfide) groups is 1. The van der Waals surface area contributed by atoms with Crippen LogP contribution in [-0.4, -0.2) is 29.8 Å². The van der Waals surface area contributed by atoms with E-state index in [-0.39, 0.29) is 23.3 Å². The monoisotopic (exact) mass is 435 g/mol. The number of anilines is 1. The van der Waals surface area contributed by atoms with E-state index in [2.05, 4.69) is 15.6 Å². The van der Waals surface area contributed by atoms with E-state index in [1.165, 1.54) is 0 Å². The third-order valence-electron chi connectivity index (χ3n) is 3.64. The number of carbonyl (C=O) groups is 2. The molecule has 0 fully saturated rings. The zero-order valence-electron chi connectivity index (χ0n) is 14.7. The number of benzene rings is 2. The first-order valence-corrected chi connectivity index (χ1v) is 9.82. The van der Waals surface area contributed by atoms with Crippen LogP contribution < -0.4 is 15.4 Å². The fourth-order valence-corrected chi connectivity index (χ4v) is 3.41. The molecule has 1 heterocycles. The number of hydrogen-bond acceptors (Lipinski definition) is 5. The summed E-state index contributed by atoms with van der Waals surface area (Å²) in [6.07, 6.45) is 1.66. The maximum Gasteiger partial charge on any atom is 0.275 e. The topological polar surface area (TPSA) is 79.8 Å². The average Bonchev–Trinajstić information content (AvgIpc) is 3.02. The summed E-state index contributed by atoms with van der Waals surface area (Å²) in [4.78, 5) is 28.4. The van der Waals surface area contributed by atoms with E-state index in [1.54, 1.807) is 43.5 Å². The van der Waals surface area contributed by atoms with Gasteiger partial charge in [-0.2, -0.15) is 0 Å². The normalized spacial score (nSPS) is 14.6. The molecule has 28 heavy (non-hydrogen) atoms. The second-order valence-electron chi connectivity index (χ2n) is 5.63. The van der Waals surface area contributed by atoms with Gasteiger partial charge in [0, 0.05) is 5.02 Å². The van der Waals surface area contributed by atoms with Gasteiger partial charge in [-0.05, 0) is 42.0 Å². The minimum atomic E-state index is -0.320. The molecular formula is C19H15Cl2N3O3S. The van der Waals surface area contributed by atoms with Gasteiger partial charge in [-0.25, -0.2) is 4.99 Å². The third kappa shape index (κ3) is 5.28. The van der Waals surface area contributed by atoms with E-state index in [0.717, 1.165) is 23.1 Å². The van der Waals surface area contributed by atoms with Gasteiger partial charge in [0.05, 0.1) is 23.6 Å². The van der Waals surface area contributed by atoms with Gasteiger partial charge in [0.25, 0.3) is 5.91 Å². The Hall–Kier alpha value is -2.48. The number of nitrogens with zero attached hydrogens (tertiary/aromatic N) is 1. The Kier molecular flexibility index (Phi) is 6.61. The molecule has 0 spiro atoms. The Bertz CT molecular complexity index is 975. The number of carbonyl (C=O) groups excluding carboxylic acids is 2. The minimum absolute atomic E-state index is 0.0634. The Morgan fingerprint density at radius 2 is 2.00 bits per heavy atom. The van der Waals surface area contributed by atoms with E-state index in [0.29, 0.717) is 20.9 Å². The van der Waals surface area contributed by atoms with Gasteiger partial charge < -0.3 is 10.1 Å². The molecule has 0 saturated heterocycles. The Morgan fingerprint density at radius 1 is 1.25 bits per heavy atom. The van der Waals surface area contributed by atoms with Gasteiger partial charge in [-0.3, -0.25) is 14.9 Å². The highest BCUT2D eigenvalue weighted by Crippen LogP contribution is 2.25. The zero-order chi connectivity index (χ0) is 20.1. The smallest absolute Gasteiger partial charge is 0.275 e. The zero-order valence-corrected chi connectivity index (χ0v) is 17.0. The number of hydrogen-bond donors (Lipinski definition) is 2. The highest BCUT2D eigenvalue weighted by molar-refractivity contribution is 8.14. The summed E-state index contributed by atoms with van der Waals surface area (Å²) >= 11 is 13.0. The molecule has 1 aliphatic heterocycles. The average molecular weight is 436 g/mol. The third-order valence-corrected chi connectivity index (χ3v) is 5.06. The van der Waals surface area contributed by atoms with Gasteiger partial charge in [0.15, 0.2) is 5.17 Å². The van der Waals surface area contributed by atoms with Crippen LogP contribution in [0.25, 0.3) is 6.08 Å². The number of aliphatic imine (C=N–C) groups is 1. The van der Waals surface area contributed by atoms with Crippen molar-refractivity contribution in [2.45, 2.75) is 0 Å². The van der Waals surface area contributed by atoms with Crippen molar-refractivity contribution < 1.29 is 14.3 Å². The van der Waals surface area contributed by atoms with Crippen LogP contribution in [0.2, 0.25) is 10.0 Å². The minimum Gasteiger partial charge on any atom is -0.497 e. The SMILES string of the molecule is COc1ccc(/C=C2\N=C(SCC(=O)Nc3ccc(Cl)cc3Cl)NC2=O)cc1. The lowest BCUT2D eigenvalue weighted by Gasteiger charge is -2.07. The van der Waals surface area contributed by atoms with Crippen molar-refractivity contribution in [3.05, 3.63) is 63.8 Å². The number of ether oxygens (including phenoxy) is 1. The van der Waals surface area contributed by atoms with Crippen LogP contribution in [0.15, 0.2) is 53.2 Å². The largest absolute Gasteiger partial charge is 0.497 e. The first-order valence-electron chi connectivity index (χ1n) is 8.08. The van der Waals surface area contributed by atoms with Crippen LogP contribution in [-0.2, 0) is 9.59 Å². The summed E-state index contributed by atoms with van der Waals surface area (Å²) < 4.78 is 5.10. The molecule has 6 nitrogen and oxygen atoms in total. The van der Waals surface area contributed by atoms with Gasteiger partial charge >= 0.3 is 0 Å². The van der Waals surface area contributed by atoms with Crippen molar-refractivity contribution in [2.75, 3.05) is 18.2 Å². The van der Waals surface area contributed by atoms with Crippen LogP contribution in [0.1, 0.15) is 5.56 Å². The van der Waals surface area contributed by atoms with E-state index in [1.807, 2.05) is 12.1 Å². The quantitative estimate of drug-likeness (QED) is 0.689. The molecule has 0 radical (unpaired) electrons. The van der Waals surface area contributed by atoms with Crippen LogP contribution in [0.5, 0.6) is 5.75 Å². The second kappa shape index (κ2) is 9.14. The van der Waals surface area contributed by atoms with Crippen molar-refractivity contribution in [1.29, 1.82) is 0 Å². The maximum absolute atomic E-state index is 12.1. The number of amides is 2. The number of halogens is 2. The molecule has 0 aromatic heterocycles.